The van der Waals surface area contributed by atoms with Gasteiger partial charge in [0, 0.05) is 17.8 Å². The molecular weight excluding hydrogens is 362 g/mol. The lowest BCUT2D eigenvalue weighted by Gasteiger charge is -2.19. The number of carbonyl (C=O) groups excluding carboxylic acids is 2. The first kappa shape index (κ1) is 18.4. The second kappa shape index (κ2) is 7.90. The van der Waals surface area contributed by atoms with Crippen LogP contribution in [0.4, 0.5) is 20.2 Å². The minimum Gasteiger partial charge on any atom is -0.486 e. The lowest BCUT2D eigenvalue weighted by molar-refractivity contribution is -0.114. The molecule has 0 aliphatic carbocycles. The van der Waals surface area contributed by atoms with E-state index >= 15 is 0 Å². The molecule has 0 atom stereocenters. The first-order chi connectivity index (χ1) is 13.0. The number of benzene rings is 2. The van der Waals surface area contributed by atoms with E-state index < -0.39 is 29.1 Å². The molecule has 9 heteroatoms. The van der Waals surface area contributed by atoms with Gasteiger partial charge >= 0.3 is 5.97 Å². The average molecular weight is 378 g/mol. The lowest BCUT2D eigenvalue weighted by atomic mass is 10.1. The van der Waals surface area contributed by atoms with Gasteiger partial charge in [0.2, 0.25) is 5.91 Å². The number of fused-ring (bicyclic) bond motifs is 1. The highest BCUT2D eigenvalue weighted by Crippen LogP contribution is 2.32. The second-order valence-corrected chi connectivity index (χ2v) is 5.56. The maximum atomic E-state index is 13.8. The Bertz CT molecular complexity index is 888. The number of carbonyl (C=O) groups is 2. The monoisotopic (exact) mass is 378 g/mol. The molecule has 7 nitrogen and oxygen atoms in total. The van der Waals surface area contributed by atoms with E-state index in [4.69, 9.17) is 9.47 Å². The number of amides is 1. The van der Waals surface area contributed by atoms with Crippen LogP contribution in [0.1, 0.15) is 10.4 Å². The van der Waals surface area contributed by atoms with Crippen molar-refractivity contribution in [2.75, 3.05) is 37.5 Å². The van der Waals surface area contributed by atoms with Crippen LogP contribution in [-0.4, -0.2) is 38.7 Å². The van der Waals surface area contributed by atoms with E-state index in [9.17, 15) is 18.4 Å². The van der Waals surface area contributed by atoms with Gasteiger partial charge in [-0.25, -0.2) is 13.6 Å². The van der Waals surface area contributed by atoms with Crippen molar-refractivity contribution in [1.29, 1.82) is 0 Å². The van der Waals surface area contributed by atoms with Crippen molar-refractivity contribution in [3.63, 3.8) is 0 Å². The molecule has 0 radical (unpaired) electrons. The quantitative estimate of drug-likeness (QED) is 0.778. The minimum atomic E-state index is -1.05. The predicted octanol–water partition coefficient (Wildman–Crippen LogP) is 2.57. The zero-order chi connectivity index (χ0) is 19.4. The maximum absolute atomic E-state index is 13.8. The van der Waals surface area contributed by atoms with Gasteiger partial charge in [-0.2, -0.15) is 0 Å². The number of nitrogens with one attached hydrogen (secondary N) is 2. The Morgan fingerprint density at radius 3 is 2.56 bits per heavy atom. The van der Waals surface area contributed by atoms with E-state index in [1.807, 2.05) is 0 Å². The molecule has 1 amide bonds. The Labute approximate surface area is 153 Å². The third-order valence-corrected chi connectivity index (χ3v) is 3.73. The van der Waals surface area contributed by atoms with Crippen LogP contribution in [0.5, 0.6) is 11.5 Å². The summed E-state index contributed by atoms with van der Waals surface area (Å²) in [5, 5.41) is 5.14. The minimum absolute atomic E-state index is 0.200. The van der Waals surface area contributed by atoms with Crippen molar-refractivity contribution >= 4 is 23.3 Å². The highest BCUT2D eigenvalue weighted by atomic mass is 19.1. The van der Waals surface area contributed by atoms with Crippen molar-refractivity contribution in [3.8, 4) is 11.5 Å². The van der Waals surface area contributed by atoms with Crippen LogP contribution >= 0.6 is 0 Å². The summed E-state index contributed by atoms with van der Waals surface area (Å²) in [6.07, 6.45) is 0. The van der Waals surface area contributed by atoms with Crippen molar-refractivity contribution in [2.45, 2.75) is 0 Å². The van der Waals surface area contributed by atoms with Gasteiger partial charge in [0.05, 0.1) is 24.9 Å². The molecule has 0 spiro atoms. The molecule has 142 valence electrons. The van der Waals surface area contributed by atoms with Gasteiger partial charge in [0.15, 0.2) is 11.5 Å². The molecule has 2 aromatic carbocycles. The van der Waals surface area contributed by atoms with E-state index in [1.165, 1.54) is 0 Å². The number of hydrogen-bond donors (Lipinski definition) is 2. The molecule has 0 saturated heterocycles. The number of halogens is 2. The van der Waals surface area contributed by atoms with Crippen LogP contribution < -0.4 is 20.1 Å². The van der Waals surface area contributed by atoms with Crippen LogP contribution in [0.25, 0.3) is 0 Å². The van der Waals surface area contributed by atoms with Crippen molar-refractivity contribution < 1.29 is 32.6 Å². The highest BCUT2D eigenvalue weighted by molar-refractivity contribution is 5.94. The van der Waals surface area contributed by atoms with Gasteiger partial charge in [-0.15, -0.1) is 0 Å². The molecule has 3 rings (SSSR count). The van der Waals surface area contributed by atoms with Gasteiger partial charge < -0.3 is 24.8 Å². The number of ether oxygens (including phenoxy) is 3. The Kier molecular flexibility index (Phi) is 5.39. The summed E-state index contributed by atoms with van der Waals surface area (Å²) in [5.41, 5.74) is -0.163. The van der Waals surface area contributed by atoms with Gasteiger partial charge in [-0.05, 0) is 18.2 Å². The molecule has 0 saturated carbocycles. The van der Waals surface area contributed by atoms with Gasteiger partial charge in [-0.3, -0.25) is 4.79 Å². The Morgan fingerprint density at radius 1 is 1.07 bits per heavy atom. The first-order valence-corrected chi connectivity index (χ1v) is 7.98. The molecule has 2 aromatic rings. The van der Waals surface area contributed by atoms with Crippen molar-refractivity contribution in [2.24, 2.45) is 0 Å². The van der Waals surface area contributed by atoms with E-state index in [0.29, 0.717) is 36.5 Å². The standard InChI is InChI=1S/C18H16F2N2O5/c1-25-18(24)11-7-14(13(20)8-12(11)19)21-9-17(23)22-10-2-3-15-16(6-10)27-5-4-26-15/h2-3,6-8,21H,4-5,9H2,1H3,(H,22,23). The van der Waals surface area contributed by atoms with Crippen LogP contribution in [0.15, 0.2) is 30.3 Å². The number of hydrogen-bond acceptors (Lipinski definition) is 6. The molecule has 0 bridgehead atoms. The Balaban J connectivity index is 1.65. The number of esters is 1. The summed E-state index contributed by atoms with van der Waals surface area (Å²) in [6, 6.07) is 6.42. The molecular formula is C18H16F2N2O5. The van der Waals surface area contributed by atoms with E-state index in [-0.39, 0.29) is 12.2 Å². The van der Waals surface area contributed by atoms with E-state index in [1.54, 1.807) is 18.2 Å². The molecule has 0 aromatic heterocycles. The smallest absolute Gasteiger partial charge is 0.340 e. The largest absolute Gasteiger partial charge is 0.486 e. The fraction of sp³-hybridized carbons (Fsp3) is 0.222. The lowest BCUT2D eigenvalue weighted by Crippen LogP contribution is -2.23. The number of anilines is 2. The van der Waals surface area contributed by atoms with Crippen molar-refractivity contribution in [1.82, 2.24) is 0 Å². The van der Waals surface area contributed by atoms with Crippen LogP contribution in [-0.2, 0) is 9.53 Å². The van der Waals surface area contributed by atoms with Gasteiger partial charge in [0.1, 0.15) is 24.8 Å². The van der Waals surface area contributed by atoms with E-state index in [0.717, 1.165) is 13.2 Å². The summed E-state index contributed by atoms with van der Waals surface area (Å²) in [4.78, 5) is 23.6. The summed E-state index contributed by atoms with van der Waals surface area (Å²) in [6.45, 7) is 0.565. The predicted molar refractivity (Wildman–Crippen MR) is 92.2 cm³/mol. The fourth-order valence-electron chi connectivity index (χ4n) is 2.45. The summed E-state index contributed by atoms with van der Waals surface area (Å²) in [5.74, 6) is -2.32. The molecule has 1 heterocycles. The molecule has 1 aliphatic rings. The zero-order valence-corrected chi connectivity index (χ0v) is 14.3. The van der Waals surface area contributed by atoms with Crippen molar-refractivity contribution in [3.05, 3.63) is 47.5 Å². The third kappa shape index (κ3) is 4.25. The molecule has 27 heavy (non-hydrogen) atoms. The second-order valence-electron chi connectivity index (χ2n) is 5.56. The molecule has 2 N–H and O–H groups in total. The SMILES string of the molecule is COC(=O)c1cc(NCC(=O)Nc2ccc3c(c2)OCCO3)c(F)cc1F. The van der Waals surface area contributed by atoms with E-state index in [2.05, 4.69) is 15.4 Å². The van der Waals surface area contributed by atoms with Crippen LogP contribution in [0, 0.1) is 11.6 Å². The summed E-state index contributed by atoms with van der Waals surface area (Å²) in [7, 11) is 1.08. The average Bonchev–Trinajstić information content (AvgIpc) is 2.66. The Hall–Kier alpha value is -3.36. The normalized spacial score (nSPS) is 12.3. The molecule has 1 aliphatic heterocycles. The summed E-state index contributed by atoms with van der Waals surface area (Å²) < 4.78 is 42.7. The highest BCUT2D eigenvalue weighted by Gasteiger charge is 2.17. The van der Waals surface area contributed by atoms with Crippen LogP contribution in [0.3, 0.4) is 0 Å². The summed E-state index contributed by atoms with van der Waals surface area (Å²) >= 11 is 0. The zero-order valence-electron chi connectivity index (χ0n) is 14.3. The Morgan fingerprint density at radius 2 is 1.81 bits per heavy atom. The number of methoxy groups -OCH3 is 1. The fourth-order valence-corrected chi connectivity index (χ4v) is 2.45. The third-order valence-electron chi connectivity index (χ3n) is 3.73. The maximum Gasteiger partial charge on any atom is 0.340 e. The van der Waals surface area contributed by atoms with Gasteiger partial charge in [-0.1, -0.05) is 0 Å². The van der Waals surface area contributed by atoms with Gasteiger partial charge in [0.25, 0.3) is 0 Å². The molecule has 0 unspecified atom stereocenters. The topological polar surface area (TPSA) is 85.9 Å². The number of rotatable bonds is 5. The van der Waals surface area contributed by atoms with Crippen LogP contribution in [0.2, 0.25) is 0 Å². The first-order valence-electron chi connectivity index (χ1n) is 7.98. The molecule has 0 fully saturated rings.